The quantitative estimate of drug-likeness (QED) is 0.747. The highest BCUT2D eigenvalue weighted by molar-refractivity contribution is 5.87. The first-order valence-electron chi connectivity index (χ1n) is 5.46. The third-order valence-electron chi connectivity index (χ3n) is 3.71. The standard InChI is InChI=1S/C14H15N/c1-14(9-13(14)15)12-8-4-6-10-5-2-3-7-11(10)12/h2-8,13H,9,15H2,1H3. The minimum absolute atomic E-state index is 0.209. The summed E-state index contributed by atoms with van der Waals surface area (Å²) < 4.78 is 0. The minimum Gasteiger partial charge on any atom is -0.327 e. The lowest BCUT2D eigenvalue weighted by Gasteiger charge is -2.13. The Bertz CT molecular complexity index is 512. The lowest BCUT2D eigenvalue weighted by Crippen LogP contribution is -2.14. The second kappa shape index (κ2) is 2.83. The van der Waals surface area contributed by atoms with E-state index in [2.05, 4.69) is 49.4 Å². The molecule has 0 aromatic heterocycles. The zero-order valence-corrected chi connectivity index (χ0v) is 8.90. The normalized spacial score (nSPS) is 29.3. The fourth-order valence-electron chi connectivity index (χ4n) is 2.43. The average molecular weight is 197 g/mol. The Morgan fingerprint density at radius 1 is 1.13 bits per heavy atom. The van der Waals surface area contributed by atoms with Crippen LogP contribution < -0.4 is 5.73 Å². The Hall–Kier alpha value is -1.34. The molecule has 0 aliphatic heterocycles. The van der Waals surface area contributed by atoms with Crippen LogP contribution in [0.25, 0.3) is 10.8 Å². The zero-order chi connectivity index (χ0) is 10.5. The summed E-state index contributed by atoms with van der Waals surface area (Å²) in [4.78, 5) is 0. The zero-order valence-electron chi connectivity index (χ0n) is 8.90. The molecule has 0 spiro atoms. The first-order valence-corrected chi connectivity index (χ1v) is 5.46. The average Bonchev–Trinajstić information content (AvgIpc) is 2.87. The van der Waals surface area contributed by atoms with E-state index in [4.69, 9.17) is 5.73 Å². The predicted molar refractivity (Wildman–Crippen MR) is 63.9 cm³/mol. The van der Waals surface area contributed by atoms with Crippen molar-refractivity contribution in [3.05, 3.63) is 48.0 Å². The van der Waals surface area contributed by atoms with Crippen molar-refractivity contribution >= 4 is 10.8 Å². The maximum absolute atomic E-state index is 6.02. The van der Waals surface area contributed by atoms with Crippen molar-refractivity contribution in [2.24, 2.45) is 5.73 Å². The summed E-state index contributed by atoms with van der Waals surface area (Å²) >= 11 is 0. The molecular weight excluding hydrogens is 182 g/mol. The van der Waals surface area contributed by atoms with Crippen LogP contribution in [0, 0.1) is 0 Å². The second-order valence-corrected chi connectivity index (χ2v) is 4.75. The number of rotatable bonds is 1. The van der Waals surface area contributed by atoms with E-state index in [1.165, 1.54) is 16.3 Å². The summed E-state index contributed by atoms with van der Waals surface area (Å²) in [5, 5.41) is 2.67. The summed E-state index contributed by atoms with van der Waals surface area (Å²) in [6, 6.07) is 15.4. The van der Waals surface area contributed by atoms with Crippen LogP contribution in [-0.4, -0.2) is 6.04 Å². The molecule has 1 heteroatoms. The number of benzene rings is 2. The summed E-state index contributed by atoms with van der Waals surface area (Å²) in [7, 11) is 0. The van der Waals surface area contributed by atoms with Crippen LogP contribution in [0.3, 0.4) is 0 Å². The van der Waals surface area contributed by atoms with Gasteiger partial charge < -0.3 is 5.73 Å². The molecule has 15 heavy (non-hydrogen) atoms. The molecule has 1 aliphatic rings. The minimum atomic E-state index is 0.209. The molecule has 2 aromatic carbocycles. The van der Waals surface area contributed by atoms with Gasteiger partial charge in [-0.15, -0.1) is 0 Å². The smallest absolute Gasteiger partial charge is 0.0143 e. The number of nitrogens with two attached hydrogens (primary N) is 1. The van der Waals surface area contributed by atoms with Gasteiger partial charge in [-0.05, 0) is 22.8 Å². The van der Waals surface area contributed by atoms with Gasteiger partial charge in [-0.1, -0.05) is 49.4 Å². The van der Waals surface area contributed by atoms with Crippen molar-refractivity contribution in [2.75, 3.05) is 0 Å². The van der Waals surface area contributed by atoms with Gasteiger partial charge in [0.25, 0.3) is 0 Å². The van der Waals surface area contributed by atoms with Gasteiger partial charge in [-0.2, -0.15) is 0 Å². The van der Waals surface area contributed by atoms with Crippen molar-refractivity contribution in [3.8, 4) is 0 Å². The molecule has 2 N–H and O–H groups in total. The third-order valence-corrected chi connectivity index (χ3v) is 3.71. The van der Waals surface area contributed by atoms with E-state index in [-0.39, 0.29) is 5.41 Å². The molecule has 2 aromatic rings. The Kier molecular flexibility index (Phi) is 1.68. The summed E-state index contributed by atoms with van der Waals surface area (Å²) in [6.45, 7) is 2.26. The maximum atomic E-state index is 6.02. The summed E-state index contributed by atoms with van der Waals surface area (Å²) in [5.41, 5.74) is 7.64. The number of hydrogen-bond donors (Lipinski definition) is 1. The van der Waals surface area contributed by atoms with Crippen molar-refractivity contribution in [1.82, 2.24) is 0 Å². The van der Waals surface area contributed by atoms with E-state index < -0.39 is 0 Å². The molecule has 0 radical (unpaired) electrons. The topological polar surface area (TPSA) is 26.0 Å². The molecule has 3 rings (SSSR count). The second-order valence-electron chi connectivity index (χ2n) is 4.75. The van der Waals surface area contributed by atoms with Crippen LogP contribution in [0.2, 0.25) is 0 Å². The predicted octanol–water partition coefficient (Wildman–Crippen LogP) is 2.83. The van der Waals surface area contributed by atoms with Gasteiger partial charge in [0, 0.05) is 11.5 Å². The Balaban J connectivity index is 2.27. The third kappa shape index (κ3) is 1.20. The van der Waals surface area contributed by atoms with Crippen LogP contribution >= 0.6 is 0 Å². The van der Waals surface area contributed by atoms with Gasteiger partial charge in [0.2, 0.25) is 0 Å². The molecule has 76 valence electrons. The fraction of sp³-hybridized carbons (Fsp3) is 0.286. The molecule has 2 unspecified atom stereocenters. The number of hydrogen-bond acceptors (Lipinski definition) is 1. The van der Waals surface area contributed by atoms with E-state index in [9.17, 15) is 0 Å². The highest BCUT2D eigenvalue weighted by Crippen LogP contribution is 2.48. The summed E-state index contributed by atoms with van der Waals surface area (Å²) in [5.74, 6) is 0. The van der Waals surface area contributed by atoms with Gasteiger partial charge >= 0.3 is 0 Å². The lowest BCUT2D eigenvalue weighted by molar-refractivity contribution is 0.748. The van der Waals surface area contributed by atoms with Gasteiger partial charge in [-0.25, -0.2) is 0 Å². The molecule has 0 amide bonds. The molecular formula is C14H15N. The first-order chi connectivity index (χ1) is 7.22. The van der Waals surface area contributed by atoms with Crippen molar-refractivity contribution < 1.29 is 0 Å². The largest absolute Gasteiger partial charge is 0.327 e. The van der Waals surface area contributed by atoms with Crippen LogP contribution in [0.5, 0.6) is 0 Å². The van der Waals surface area contributed by atoms with Gasteiger partial charge in [0.05, 0.1) is 0 Å². The van der Waals surface area contributed by atoms with Gasteiger partial charge in [-0.3, -0.25) is 0 Å². The Morgan fingerprint density at radius 2 is 1.80 bits per heavy atom. The van der Waals surface area contributed by atoms with Crippen molar-refractivity contribution in [3.63, 3.8) is 0 Å². The van der Waals surface area contributed by atoms with E-state index >= 15 is 0 Å². The van der Waals surface area contributed by atoms with E-state index in [1.54, 1.807) is 0 Å². The first kappa shape index (κ1) is 8.93. The molecule has 1 nitrogen and oxygen atoms in total. The van der Waals surface area contributed by atoms with Crippen LogP contribution in [0.1, 0.15) is 18.9 Å². The highest BCUT2D eigenvalue weighted by atomic mass is 14.8. The SMILES string of the molecule is CC1(c2cccc3ccccc23)CC1N. The van der Waals surface area contributed by atoms with Gasteiger partial charge in [0.1, 0.15) is 0 Å². The summed E-state index contributed by atoms with van der Waals surface area (Å²) in [6.07, 6.45) is 1.11. The van der Waals surface area contributed by atoms with E-state index in [0.29, 0.717) is 6.04 Å². The maximum Gasteiger partial charge on any atom is 0.0143 e. The molecule has 2 atom stereocenters. The van der Waals surface area contributed by atoms with Crippen molar-refractivity contribution in [1.29, 1.82) is 0 Å². The van der Waals surface area contributed by atoms with E-state index in [1.807, 2.05) is 0 Å². The number of fused-ring (bicyclic) bond motifs is 1. The molecule has 1 aliphatic carbocycles. The highest BCUT2D eigenvalue weighted by Gasteiger charge is 2.49. The van der Waals surface area contributed by atoms with Crippen LogP contribution in [0.4, 0.5) is 0 Å². The molecule has 0 bridgehead atoms. The van der Waals surface area contributed by atoms with Gasteiger partial charge in [0.15, 0.2) is 0 Å². The molecule has 0 saturated heterocycles. The fourth-order valence-corrected chi connectivity index (χ4v) is 2.43. The molecule has 0 heterocycles. The van der Waals surface area contributed by atoms with Crippen molar-refractivity contribution in [2.45, 2.75) is 24.8 Å². The Morgan fingerprint density at radius 3 is 2.53 bits per heavy atom. The molecule has 1 saturated carbocycles. The van der Waals surface area contributed by atoms with Crippen LogP contribution in [-0.2, 0) is 5.41 Å². The monoisotopic (exact) mass is 197 g/mol. The van der Waals surface area contributed by atoms with E-state index in [0.717, 1.165) is 6.42 Å². The molecule has 1 fully saturated rings. The lowest BCUT2D eigenvalue weighted by atomic mass is 9.92. The Labute approximate surface area is 89.9 Å². The van der Waals surface area contributed by atoms with Crippen LogP contribution in [0.15, 0.2) is 42.5 Å².